The first-order valence-corrected chi connectivity index (χ1v) is 11.2. The lowest BCUT2D eigenvalue weighted by molar-refractivity contribution is -0.148. The number of rotatable bonds is 7. The molecule has 1 saturated heterocycles. The monoisotopic (exact) mass is 571 g/mol. The first kappa shape index (κ1) is 24.1. The van der Waals surface area contributed by atoms with E-state index in [4.69, 9.17) is 9.47 Å². The fourth-order valence-corrected chi connectivity index (χ4v) is 4.68. The van der Waals surface area contributed by atoms with Crippen molar-refractivity contribution in [2.45, 2.75) is 19.6 Å². The van der Waals surface area contributed by atoms with E-state index < -0.39 is 23.2 Å². The number of carbonyl (C=O) groups excluding carboxylic acids is 3. The molecular weight excluding hydrogens is 552 g/mol. The molecule has 0 saturated carbocycles. The van der Waals surface area contributed by atoms with E-state index in [1.807, 2.05) is 0 Å². The van der Waals surface area contributed by atoms with Crippen molar-refractivity contribution in [1.82, 2.24) is 4.90 Å². The zero-order valence-corrected chi connectivity index (χ0v) is 20.4. The molecule has 1 atom stereocenters. The predicted octanol–water partition coefficient (Wildman–Crippen LogP) is 4.62. The van der Waals surface area contributed by atoms with Crippen LogP contribution in [0, 0.1) is 9.39 Å². The predicted molar refractivity (Wildman–Crippen MR) is 126 cm³/mol. The highest BCUT2D eigenvalue weighted by Crippen LogP contribution is 2.38. The number of methoxy groups -OCH3 is 2. The van der Waals surface area contributed by atoms with Crippen molar-refractivity contribution >= 4 is 57.5 Å². The topological polar surface area (TPSA) is 82.1 Å². The molecule has 3 rings (SSSR count). The number of ether oxygens (including phenoxy) is 3. The minimum Gasteiger partial charge on any atom is -0.493 e. The average molecular weight is 571 g/mol. The maximum Gasteiger partial charge on any atom is 0.328 e. The zero-order valence-electron chi connectivity index (χ0n) is 17.4. The van der Waals surface area contributed by atoms with Gasteiger partial charge in [-0.2, -0.15) is 0 Å². The molecular formula is C22H19FINO6S. The number of hydrogen-bond donors (Lipinski definition) is 0. The smallest absolute Gasteiger partial charge is 0.328 e. The van der Waals surface area contributed by atoms with Gasteiger partial charge >= 0.3 is 5.97 Å². The minimum absolute atomic E-state index is 0.147. The molecule has 0 aromatic heterocycles. The highest BCUT2D eigenvalue weighted by molar-refractivity contribution is 14.1. The normalized spacial score (nSPS) is 15.8. The van der Waals surface area contributed by atoms with E-state index in [0.717, 1.165) is 16.7 Å². The average Bonchev–Trinajstić information content (AvgIpc) is 3.04. The summed E-state index contributed by atoms with van der Waals surface area (Å²) < 4.78 is 30.0. The Morgan fingerprint density at radius 2 is 2.00 bits per heavy atom. The van der Waals surface area contributed by atoms with Crippen molar-refractivity contribution in [1.29, 1.82) is 0 Å². The van der Waals surface area contributed by atoms with Gasteiger partial charge in [0, 0.05) is 0 Å². The summed E-state index contributed by atoms with van der Waals surface area (Å²) in [7, 11) is 2.68. The maximum atomic E-state index is 13.4. The zero-order chi connectivity index (χ0) is 23.4. The van der Waals surface area contributed by atoms with Gasteiger partial charge in [0.05, 0.1) is 22.7 Å². The largest absolute Gasteiger partial charge is 0.493 e. The molecule has 1 fully saturated rings. The third kappa shape index (κ3) is 5.23. The molecule has 2 aromatic carbocycles. The van der Waals surface area contributed by atoms with E-state index in [2.05, 4.69) is 27.3 Å². The summed E-state index contributed by atoms with van der Waals surface area (Å²) in [6.45, 7) is 1.58. The van der Waals surface area contributed by atoms with Crippen LogP contribution in [0.15, 0.2) is 41.3 Å². The number of esters is 1. The third-order valence-electron chi connectivity index (χ3n) is 4.57. The van der Waals surface area contributed by atoms with Gasteiger partial charge in [-0.15, -0.1) is 0 Å². The summed E-state index contributed by atoms with van der Waals surface area (Å²) in [5.41, 5.74) is 1.28. The van der Waals surface area contributed by atoms with Crippen molar-refractivity contribution in [3.8, 4) is 11.5 Å². The highest BCUT2D eigenvalue weighted by atomic mass is 127. The Labute approximate surface area is 202 Å². The van der Waals surface area contributed by atoms with Crippen molar-refractivity contribution in [2.24, 2.45) is 0 Å². The Morgan fingerprint density at radius 1 is 1.25 bits per heavy atom. The molecule has 0 spiro atoms. The molecule has 1 aliphatic rings. The number of carbonyl (C=O) groups is 3. The van der Waals surface area contributed by atoms with E-state index in [1.54, 1.807) is 30.3 Å². The van der Waals surface area contributed by atoms with Gasteiger partial charge in [-0.3, -0.25) is 14.5 Å². The van der Waals surface area contributed by atoms with Crippen LogP contribution in [0.2, 0.25) is 0 Å². The van der Waals surface area contributed by atoms with E-state index in [9.17, 15) is 18.8 Å². The minimum atomic E-state index is -1.02. The summed E-state index contributed by atoms with van der Waals surface area (Å²) in [4.78, 5) is 37.8. The Bertz CT molecular complexity index is 1110. The maximum absolute atomic E-state index is 13.4. The van der Waals surface area contributed by atoms with E-state index in [0.29, 0.717) is 26.2 Å². The summed E-state index contributed by atoms with van der Waals surface area (Å²) >= 11 is 2.82. The molecule has 168 valence electrons. The van der Waals surface area contributed by atoms with Gasteiger partial charge in [0.1, 0.15) is 18.5 Å². The summed E-state index contributed by atoms with van der Waals surface area (Å²) in [6.07, 6.45) is 1.55. The lowest BCUT2D eigenvalue weighted by Gasteiger charge is -2.18. The fourth-order valence-electron chi connectivity index (χ4n) is 2.99. The van der Waals surface area contributed by atoms with Gasteiger partial charge in [0.2, 0.25) is 0 Å². The number of halogens is 2. The number of imide groups is 1. The second-order valence-corrected chi connectivity index (χ2v) is 8.86. The fraction of sp³-hybridized carbons (Fsp3) is 0.227. The van der Waals surface area contributed by atoms with Crippen LogP contribution in [0.3, 0.4) is 0 Å². The molecule has 0 N–H and O–H groups in total. The van der Waals surface area contributed by atoms with Crippen LogP contribution >= 0.6 is 34.4 Å². The molecule has 32 heavy (non-hydrogen) atoms. The van der Waals surface area contributed by atoms with Crippen molar-refractivity contribution in [3.63, 3.8) is 0 Å². The standard InChI is InChI=1S/C22H19FINO6S/c1-12(21(27)30-3)25-20(26)18(32-22(25)28)10-14-8-16(24)19(17(9-14)29-2)31-11-13-5-4-6-15(23)7-13/h4-10,12H,11H2,1-3H3/b18-10+/t12-/m0/s1. The van der Waals surface area contributed by atoms with Crippen LogP contribution in [0.1, 0.15) is 18.1 Å². The number of thioether (sulfide) groups is 1. The van der Waals surface area contributed by atoms with E-state index in [1.165, 1.54) is 33.3 Å². The van der Waals surface area contributed by atoms with Crippen LogP contribution in [-0.4, -0.2) is 42.3 Å². The Morgan fingerprint density at radius 3 is 2.66 bits per heavy atom. The van der Waals surface area contributed by atoms with Gasteiger partial charge in [0.15, 0.2) is 11.5 Å². The lowest BCUT2D eigenvalue weighted by Crippen LogP contribution is -2.42. The lowest BCUT2D eigenvalue weighted by atomic mass is 10.1. The van der Waals surface area contributed by atoms with Crippen LogP contribution in [-0.2, 0) is 20.9 Å². The second kappa shape index (κ2) is 10.3. The molecule has 2 amide bonds. The summed E-state index contributed by atoms with van der Waals surface area (Å²) in [6, 6.07) is 8.51. The summed E-state index contributed by atoms with van der Waals surface area (Å²) in [5, 5.41) is -0.546. The van der Waals surface area contributed by atoms with Crippen LogP contribution < -0.4 is 9.47 Å². The highest BCUT2D eigenvalue weighted by Gasteiger charge is 2.41. The van der Waals surface area contributed by atoms with Gasteiger partial charge in [-0.25, -0.2) is 9.18 Å². The Kier molecular flexibility index (Phi) is 7.77. The number of hydrogen-bond acceptors (Lipinski definition) is 7. The Hall–Kier alpha value is -2.60. The Balaban J connectivity index is 1.84. The van der Waals surface area contributed by atoms with Crippen LogP contribution in [0.25, 0.3) is 6.08 Å². The first-order valence-electron chi connectivity index (χ1n) is 9.34. The van der Waals surface area contributed by atoms with Gasteiger partial charge < -0.3 is 14.2 Å². The molecule has 0 aliphatic carbocycles. The van der Waals surface area contributed by atoms with Gasteiger partial charge in [-0.1, -0.05) is 12.1 Å². The van der Waals surface area contributed by atoms with Crippen molar-refractivity contribution in [2.75, 3.05) is 14.2 Å². The molecule has 1 heterocycles. The second-order valence-electron chi connectivity index (χ2n) is 6.70. The molecule has 10 heteroatoms. The molecule has 0 bridgehead atoms. The van der Waals surface area contributed by atoms with Crippen LogP contribution in [0.4, 0.5) is 9.18 Å². The molecule has 0 unspecified atom stereocenters. The van der Waals surface area contributed by atoms with E-state index in [-0.39, 0.29) is 17.3 Å². The van der Waals surface area contributed by atoms with Crippen molar-refractivity contribution in [3.05, 3.63) is 61.8 Å². The number of amides is 2. The SMILES string of the molecule is COC(=O)[C@H](C)N1C(=O)S/C(=C/c2cc(I)c(OCc3cccc(F)c3)c(OC)c2)C1=O. The van der Waals surface area contributed by atoms with Crippen molar-refractivity contribution < 1.29 is 33.0 Å². The molecule has 7 nitrogen and oxygen atoms in total. The first-order chi connectivity index (χ1) is 15.2. The van der Waals surface area contributed by atoms with Gasteiger partial charge in [0.25, 0.3) is 11.1 Å². The third-order valence-corrected chi connectivity index (χ3v) is 6.26. The van der Waals surface area contributed by atoms with Gasteiger partial charge in [-0.05, 0) is 82.7 Å². The summed E-state index contributed by atoms with van der Waals surface area (Å²) in [5.74, 6) is -0.704. The number of nitrogens with zero attached hydrogens (tertiary/aromatic N) is 1. The quantitative estimate of drug-likeness (QED) is 0.273. The molecule has 0 radical (unpaired) electrons. The number of benzene rings is 2. The molecule has 1 aliphatic heterocycles. The van der Waals surface area contributed by atoms with E-state index >= 15 is 0 Å². The molecule has 2 aromatic rings. The van der Waals surface area contributed by atoms with Crippen LogP contribution in [0.5, 0.6) is 11.5 Å².